The number of benzene rings is 3. The Morgan fingerprint density at radius 2 is 1.81 bits per heavy atom. The molecule has 0 radical (unpaired) electrons. The van der Waals surface area contributed by atoms with E-state index in [4.69, 9.17) is 9.47 Å². The molecule has 1 aliphatic heterocycles. The molecule has 0 spiro atoms. The second-order valence-corrected chi connectivity index (χ2v) is 10.8. The Kier molecular flexibility index (Phi) is 6.38. The molecular formula is C26H23N3O5S2. The van der Waals surface area contributed by atoms with Gasteiger partial charge in [0.15, 0.2) is 16.3 Å². The number of carbonyl (C=O) groups excluding carboxylic acids is 1. The van der Waals surface area contributed by atoms with Crippen LogP contribution in [-0.4, -0.2) is 32.1 Å². The summed E-state index contributed by atoms with van der Waals surface area (Å²) >= 11 is 1.33. The van der Waals surface area contributed by atoms with Crippen LogP contribution in [0.3, 0.4) is 0 Å². The zero-order chi connectivity index (χ0) is 25.3. The minimum Gasteiger partial charge on any atom is -0.486 e. The molecular weight excluding hydrogens is 498 g/mol. The van der Waals surface area contributed by atoms with E-state index in [9.17, 15) is 13.2 Å². The van der Waals surface area contributed by atoms with Crippen molar-refractivity contribution in [3.63, 3.8) is 0 Å². The second kappa shape index (κ2) is 9.63. The monoisotopic (exact) mass is 521 g/mol. The van der Waals surface area contributed by atoms with E-state index < -0.39 is 15.9 Å². The molecule has 5 rings (SSSR count). The summed E-state index contributed by atoms with van der Waals surface area (Å²) in [6.07, 6.45) is 1.72. The number of carbonyl (C=O) groups is 1. The summed E-state index contributed by atoms with van der Waals surface area (Å²) in [6, 6.07) is 16.6. The number of rotatable bonds is 6. The summed E-state index contributed by atoms with van der Waals surface area (Å²) in [5.41, 5.74) is 2.07. The topological polar surface area (TPSA) is 99.0 Å². The molecule has 3 aromatic carbocycles. The predicted molar refractivity (Wildman–Crippen MR) is 139 cm³/mol. The van der Waals surface area contributed by atoms with Crippen molar-refractivity contribution in [3.8, 4) is 11.5 Å². The molecule has 2 heterocycles. The SMILES string of the molecule is C=CCn1c(=NC(=O)c2ccccc2NS(=O)(=O)c2ccc(C)cc2)sc2cc3c(cc21)OCCO3. The number of aromatic nitrogens is 1. The highest BCUT2D eigenvalue weighted by atomic mass is 32.2. The van der Waals surface area contributed by atoms with E-state index >= 15 is 0 Å². The number of sulfonamides is 1. The van der Waals surface area contributed by atoms with E-state index in [1.165, 1.54) is 23.5 Å². The van der Waals surface area contributed by atoms with Gasteiger partial charge in [0.1, 0.15) is 13.2 Å². The van der Waals surface area contributed by atoms with Gasteiger partial charge in [-0.2, -0.15) is 4.99 Å². The fourth-order valence-electron chi connectivity index (χ4n) is 3.82. The summed E-state index contributed by atoms with van der Waals surface area (Å²) in [5, 5.41) is 0. The first-order chi connectivity index (χ1) is 17.4. The fraction of sp³-hybridized carbons (Fsp3) is 0.154. The van der Waals surface area contributed by atoms with Gasteiger partial charge in [-0.05, 0) is 31.2 Å². The van der Waals surface area contributed by atoms with Gasteiger partial charge in [0.05, 0.1) is 26.4 Å². The normalized spacial score (nSPS) is 13.5. The molecule has 184 valence electrons. The molecule has 1 amide bonds. The Hall–Kier alpha value is -3.89. The lowest BCUT2D eigenvalue weighted by Crippen LogP contribution is -2.18. The lowest BCUT2D eigenvalue weighted by molar-refractivity contribution is 0.0998. The van der Waals surface area contributed by atoms with Crippen LogP contribution in [0, 0.1) is 6.92 Å². The van der Waals surface area contributed by atoms with Crippen LogP contribution in [0.1, 0.15) is 15.9 Å². The molecule has 1 aromatic heterocycles. The van der Waals surface area contributed by atoms with Crippen molar-refractivity contribution < 1.29 is 22.7 Å². The van der Waals surface area contributed by atoms with Crippen molar-refractivity contribution in [2.75, 3.05) is 17.9 Å². The van der Waals surface area contributed by atoms with Gasteiger partial charge in [0, 0.05) is 18.7 Å². The molecule has 1 N–H and O–H groups in total. The highest BCUT2D eigenvalue weighted by Crippen LogP contribution is 2.35. The standard InChI is InChI=1S/C26H23N3O5S2/c1-3-12-29-21-15-22-23(34-14-13-33-22)16-24(21)35-26(29)27-25(30)19-6-4-5-7-20(19)28-36(31,32)18-10-8-17(2)9-11-18/h3-11,15-16,28H,1,12-14H2,2H3. The van der Waals surface area contributed by atoms with Crippen LogP contribution >= 0.6 is 11.3 Å². The number of hydrogen-bond acceptors (Lipinski definition) is 6. The Morgan fingerprint density at radius 3 is 2.53 bits per heavy atom. The quantitative estimate of drug-likeness (QED) is 0.377. The number of aryl methyl sites for hydroxylation is 1. The molecule has 1 aliphatic rings. The van der Waals surface area contributed by atoms with Crippen molar-refractivity contribution in [2.24, 2.45) is 4.99 Å². The molecule has 36 heavy (non-hydrogen) atoms. The average molecular weight is 522 g/mol. The van der Waals surface area contributed by atoms with Crippen molar-refractivity contribution in [3.05, 3.63) is 89.2 Å². The van der Waals surface area contributed by atoms with Gasteiger partial charge in [-0.3, -0.25) is 9.52 Å². The first kappa shape index (κ1) is 23.8. The highest BCUT2D eigenvalue weighted by molar-refractivity contribution is 7.92. The zero-order valence-electron chi connectivity index (χ0n) is 19.4. The maximum absolute atomic E-state index is 13.3. The number of anilines is 1. The first-order valence-corrected chi connectivity index (χ1v) is 13.5. The summed E-state index contributed by atoms with van der Waals surface area (Å²) in [6.45, 7) is 7.06. The average Bonchev–Trinajstić information content (AvgIpc) is 3.18. The van der Waals surface area contributed by atoms with Crippen LogP contribution in [0.4, 0.5) is 5.69 Å². The van der Waals surface area contributed by atoms with E-state index in [1.807, 2.05) is 23.6 Å². The zero-order valence-corrected chi connectivity index (χ0v) is 21.1. The largest absolute Gasteiger partial charge is 0.486 e. The Labute approximate surface area is 212 Å². The van der Waals surface area contributed by atoms with Crippen LogP contribution < -0.4 is 19.0 Å². The Morgan fingerprint density at radius 1 is 1.11 bits per heavy atom. The van der Waals surface area contributed by atoms with Crippen LogP contribution in [0.5, 0.6) is 11.5 Å². The molecule has 0 bridgehead atoms. The number of allylic oxidation sites excluding steroid dienone is 1. The van der Waals surface area contributed by atoms with Crippen LogP contribution in [0.2, 0.25) is 0 Å². The first-order valence-electron chi connectivity index (χ1n) is 11.2. The molecule has 8 nitrogen and oxygen atoms in total. The third-order valence-corrected chi connectivity index (χ3v) is 8.01. The maximum atomic E-state index is 13.3. The molecule has 0 saturated carbocycles. The Balaban J connectivity index is 1.55. The number of hydrogen-bond donors (Lipinski definition) is 1. The second-order valence-electron chi connectivity index (χ2n) is 8.13. The summed E-state index contributed by atoms with van der Waals surface area (Å²) in [4.78, 5) is 18.2. The lowest BCUT2D eigenvalue weighted by atomic mass is 10.2. The summed E-state index contributed by atoms with van der Waals surface area (Å²) < 4.78 is 42.5. The molecule has 0 atom stereocenters. The molecule has 0 unspecified atom stereocenters. The van der Waals surface area contributed by atoms with Gasteiger partial charge >= 0.3 is 0 Å². The van der Waals surface area contributed by atoms with Gasteiger partial charge < -0.3 is 14.0 Å². The van der Waals surface area contributed by atoms with E-state index in [1.54, 1.807) is 42.5 Å². The summed E-state index contributed by atoms with van der Waals surface area (Å²) in [5.74, 6) is 0.714. The van der Waals surface area contributed by atoms with Crippen molar-refractivity contribution in [1.82, 2.24) is 4.57 Å². The fourth-order valence-corrected chi connectivity index (χ4v) is 5.95. The maximum Gasteiger partial charge on any atom is 0.281 e. The van der Waals surface area contributed by atoms with Gasteiger partial charge in [0.2, 0.25) is 0 Å². The van der Waals surface area contributed by atoms with E-state index in [2.05, 4.69) is 16.3 Å². The molecule has 10 heteroatoms. The number of nitrogens with zero attached hydrogens (tertiary/aromatic N) is 2. The van der Waals surface area contributed by atoms with Crippen LogP contribution in [-0.2, 0) is 16.6 Å². The minimum atomic E-state index is -3.89. The Bertz CT molecular complexity index is 1650. The number of fused-ring (bicyclic) bond motifs is 2. The van der Waals surface area contributed by atoms with Crippen LogP contribution in [0.15, 0.2) is 83.2 Å². The summed E-state index contributed by atoms with van der Waals surface area (Å²) in [7, 11) is -3.89. The van der Waals surface area contributed by atoms with Gasteiger partial charge in [-0.1, -0.05) is 47.2 Å². The number of ether oxygens (including phenoxy) is 2. The highest BCUT2D eigenvalue weighted by Gasteiger charge is 2.20. The van der Waals surface area contributed by atoms with E-state index in [0.717, 1.165) is 15.8 Å². The third-order valence-electron chi connectivity index (χ3n) is 5.59. The number of nitrogens with one attached hydrogen (secondary N) is 1. The molecule has 4 aromatic rings. The van der Waals surface area contributed by atoms with Crippen molar-refractivity contribution >= 4 is 43.2 Å². The van der Waals surface area contributed by atoms with Gasteiger partial charge in [0.25, 0.3) is 15.9 Å². The number of amides is 1. The van der Waals surface area contributed by atoms with Gasteiger partial charge in [-0.25, -0.2) is 8.42 Å². The molecule has 0 aliphatic carbocycles. The van der Waals surface area contributed by atoms with E-state index in [0.29, 0.717) is 36.1 Å². The predicted octanol–water partition coefficient (Wildman–Crippen LogP) is 4.51. The molecule has 0 saturated heterocycles. The minimum absolute atomic E-state index is 0.106. The van der Waals surface area contributed by atoms with Crippen LogP contribution in [0.25, 0.3) is 10.2 Å². The van der Waals surface area contributed by atoms with E-state index in [-0.39, 0.29) is 16.1 Å². The number of thiazole rings is 1. The van der Waals surface area contributed by atoms with Crippen molar-refractivity contribution in [1.29, 1.82) is 0 Å². The third kappa shape index (κ3) is 4.65. The molecule has 0 fully saturated rings. The van der Waals surface area contributed by atoms with Gasteiger partial charge in [-0.15, -0.1) is 6.58 Å². The van der Waals surface area contributed by atoms with Crippen molar-refractivity contribution in [2.45, 2.75) is 18.4 Å². The number of para-hydroxylation sites is 1. The lowest BCUT2D eigenvalue weighted by Gasteiger charge is -2.18. The smallest absolute Gasteiger partial charge is 0.281 e.